The summed E-state index contributed by atoms with van der Waals surface area (Å²) in [7, 11) is 1.57. The zero-order valence-corrected chi connectivity index (χ0v) is 9.41. The highest BCUT2D eigenvalue weighted by Gasteiger charge is 2.16. The van der Waals surface area contributed by atoms with Crippen LogP contribution < -0.4 is 4.74 Å². The van der Waals surface area contributed by atoms with Crippen LogP contribution in [0.1, 0.15) is 5.56 Å². The van der Waals surface area contributed by atoms with E-state index < -0.39 is 11.9 Å². The number of nitrogens with zero attached hydrogens (tertiary/aromatic N) is 3. The van der Waals surface area contributed by atoms with Crippen molar-refractivity contribution in [3.05, 3.63) is 40.3 Å². The van der Waals surface area contributed by atoms with Crippen molar-refractivity contribution in [1.82, 2.24) is 0 Å². The molecule has 0 aromatic heterocycles. The summed E-state index contributed by atoms with van der Waals surface area (Å²) in [5.41, 5.74) is 9.05. The quantitative estimate of drug-likeness (QED) is 0.465. The van der Waals surface area contributed by atoms with Gasteiger partial charge in [0.05, 0.1) is 13.0 Å². The zero-order chi connectivity index (χ0) is 12.7. The Morgan fingerprint density at radius 1 is 1.53 bits per heavy atom. The number of azide groups is 1. The Morgan fingerprint density at radius 3 is 2.65 bits per heavy atom. The molecule has 0 spiro atoms. The lowest BCUT2D eigenvalue weighted by Gasteiger charge is -2.09. The zero-order valence-electron chi connectivity index (χ0n) is 9.41. The van der Waals surface area contributed by atoms with Crippen LogP contribution in [-0.4, -0.2) is 24.7 Å². The van der Waals surface area contributed by atoms with Crippen LogP contribution in [0.25, 0.3) is 10.4 Å². The summed E-state index contributed by atoms with van der Waals surface area (Å²) in [6, 6.07) is 7.12. The van der Waals surface area contributed by atoms with E-state index in [2.05, 4.69) is 10.0 Å². The molecule has 1 unspecified atom stereocenters. The predicted octanol–water partition coefficient (Wildman–Crippen LogP) is 2.25. The molecule has 90 valence electrons. The molecule has 1 aromatic carbocycles. The highest BCUT2D eigenvalue weighted by atomic mass is 16.5. The molecule has 1 aromatic rings. The van der Waals surface area contributed by atoms with Crippen LogP contribution in [0.4, 0.5) is 0 Å². The van der Waals surface area contributed by atoms with Crippen molar-refractivity contribution < 1.29 is 14.6 Å². The molecule has 1 rings (SSSR count). The van der Waals surface area contributed by atoms with Crippen molar-refractivity contribution in [3.8, 4) is 5.75 Å². The third-order valence-electron chi connectivity index (χ3n) is 2.36. The Balaban J connectivity index is 2.71. The molecular weight excluding hydrogens is 222 g/mol. The van der Waals surface area contributed by atoms with Crippen molar-refractivity contribution in [2.75, 3.05) is 13.7 Å². The van der Waals surface area contributed by atoms with E-state index in [1.807, 2.05) is 0 Å². The molecule has 0 heterocycles. The van der Waals surface area contributed by atoms with Crippen LogP contribution in [-0.2, 0) is 11.2 Å². The van der Waals surface area contributed by atoms with Gasteiger partial charge in [-0.3, -0.25) is 4.79 Å². The molecule has 6 heteroatoms. The highest BCUT2D eigenvalue weighted by molar-refractivity contribution is 5.70. The number of carboxylic acid groups (broad SMARTS) is 1. The Kier molecular flexibility index (Phi) is 4.84. The second-order valence-electron chi connectivity index (χ2n) is 3.50. The minimum Gasteiger partial charge on any atom is -0.497 e. The van der Waals surface area contributed by atoms with E-state index in [-0.39, 0.29) is 6.54 Å². The topological polar surface area (TPSA) is 95.3 Å². The second kappa shape index (κ2) is 6.40. The first-order chi connectivity index (χ1) is 8.17. The number of ether oxygens (including phenoxy) is 1. The number of carboxylic acids is 1. The summed E-state index contributed by atoms with van der Waals surface area (Å²) in [5, 5.41) is 12.3. The number of methoxy groups -OCH3 is 1. The first kappa shape index (κ1) is 12.9. The minimum atomic E-state index is -0.965. The molecule has 0 aliphatic heterocycles. The normalized spacial score (nSPS) is 11.4. The summed E-state index contributed by atoms with van der Waals surface area (Å²) < 4.78 is 5.00. The number of carbonyl (C=O) groups is 1. The van der Waals surface area contributed by atoms with Crippen LogP contribution >= 0.6 is 0 Å². The SMILES string of the molecule is COc1ccc(CC(CN=[N+]=[N-])C(=O)O)cc1. The summed E-state index contributed by atoms with van der Waals surface area (Å²) in [5.74, 6) is -0.941. The highest BCUT2D eigenvalue weighted by Crippen LogP contribution is 2.15. The lowest BCUT2D eigenvalue weighted by Crippen LogP contribution is -2.19. The molecule has 0 radical (unpaired) electrons. The Hall–Kier alpha value is -2.20. The van der Waals surface area contributed by atoms with E-state index in [0.29, 0.717) is 6.42 Å². The van der Waals surface area contributed by atoms with Crippen molar-refractivity contribution in [2.45, 2.75) is 6.42 Å². The van der Waals surface area contributed by atoms with Crippen LogP contribution in [0.5, 0.6) is 5.75 Å². The van der Waals surface area contributed by atoms with Crippen molar-refractivity contribution in [2.24, 2.45) is 11.0 Å². The van der Waals surface area contributed by atoms with Gasteiger partial charge in [-0.1, -0.05) is 17.2 Å². The summed E-state index contributed by atoms with van der Waals surface area (Å²) in [4.78, 5) is 13.5. The number of hydrogen-bond acceptors (Lipinski definition) is 3. The van der Waals surface area contributed by atoms with E-state index in [9.17, 15) is 4.79 Å². The van der Waals surface area contributed by atoms with E-state index in [0.717, 1.165) is 11.3 Å². The van der Waals surface area contributed by atoms with Crippen LogP contribution in [0.2, 0.25) is 0 Å². The summed E-state index contributed by atoms with van der Waals surface area (Å²) in [6.45, 7) is -0.0438. The van der Waals surface area contributed by atoms with E-state index in [1.165, 1.54) is 0 Å². The molecule has 0 saturated carbocycles. The van der Waals surface area contributed by atoms with E-state index >= 15 is 0 Å². The molecule has 0 saturated heterocycles. The van der Waals surface area contributed by atoms with Gasteiger partial charge in [0.15, 0.2) is 0 Å². The van der Waals surface area contributed by atoms with Gasteiger partial charge in [0, 0.05) is 11.5 Å². The standard InChI is InChI=1S/C11H13N3O3/c1-17-10-4-2-8(3-5-10)6-9(11(15)16)7-13-14-12/h2-5,9H,6-7H2,1H3,(H,15,16). The molecule has 0 amide bonds. The lowest BCUT2D eigenvalue weighted by atomic mass is 9.99. The Morgan fingerprint density at radius 2 is 2.18 bits per heavy atom. The van der Waals surface area contributed by atoms with Gasteiger partial charge in [-0.2, -0.15) is 0 Å². The van der Waals surface area contributed by atoms with Gasteiger partial charge in [0.2, 0.25) is 0 Å². The summed E-state index contributed by atoms with van der Waals surface area (Å²) in [6.07, 6.45) is 0.332. The molecule has 0 aliphatic carbocycles. The van der Waals surface area contributed by atoms with Crippen LogP contribution in [0.3, 0.4) is 0 Å². The predicted molar refractivity (Wildman–Crippen MR) is 61.8 cm³/mol. The summed E-state index contributed by atoms with van der Waals surface area (Å²) >= 11 is 0. The molecule has 6 nitrogen and oxygen atoms in total. The van der Waals surface area contributed by atoms with Crippen LogP contribution in [0.15, 0.2) is 29.4 Å². The minimum absolute atomic E-state index is 0.0438. The third-order valence-corrected chi connectivity index (χ3v) is 2.36. The first-order valence-corrected chi connectivity index (χ1v) is 5.04. The molecule has 0 aliphatic rings. The lowest BCUT2D eigenvalue weighted by molar-refractivity contribution is -0.141. The van der Waals surface area contributed by atoms with Gasteiger partial charge >= 0.3 is 5.97 Å². The number of aliphatic carboxylic acids is 1. The Bertz CT molecular complexity index is 424. The monoisotopic (exact) mass is 235 g/mol. The smallest absolute Gasteiger partial charge is 0.306 e. The fourth-order valence-electron chi connectivity index (χ4n) is 1.41. The van der Waals surface area contributed by atoms with E-state index in [1.54, 1.807) is 31.4 Å². The molecule has 17 heavy (non-hydrogen) atoms. The molecule has 1 atom stereocenters. The third kappa shape index (κ3) is 4.04. The van der Waals surface area contributed by atoms with E-state index in [4.69, 9.17) is 15.4 Å². The second-order valence-corrected chi connectivity index (χ2v) is 3.50. The maximum atomic E-state index is 10.9. The number of benzene rings is 1. The maximum absolute atomic E-state index is 10.9. The van der Waals surface area contributed by atoms with Crippen molar-refractivity contribution in [3.63, 3.8) is 0 Å². The number of hydrogen-bond donors (Lipinski definition) is 1. The molecular formula is C11H13N3O3. The largest absolute Gasteiger partial charge is 0.497 e. The average molecular weight is 235 g/mol. The number of rotatable bonds is 6. The van der Waals surface area contributed by atoms with Crippen molar-refractivity contribution >= 4 is 5.97 Å². The van der Waals surface area contributed by atoms with Gasteiger partial charge < -0.3 is 9.84 Å². The fourth-order valence-corrected chi connectivity index (χ4v) is 1.41. The van der Waals surface area contributed by atoms with Gasteiger partial charge in [0.1, 0.15) is 5.75 Å². The molecule has 1 N–H and O–H groups in total. The molecule has 0 bridgehead atoms. The average Bonchev–Trinajstić information content (AvgIpc) is 2.35. The van der Waals surface area contributed by atoms with Crippen molar-refractivity contribution in [1.29, 1.82) is 0 Å². The van der Waals surface area contributed by atoms with Gasteiger partial charge in [0.25, 0.3) is 0 Å². The maximum Gasteiger partial charge on any atom is 0.306 e. The first-order valence-electron chi connectivity index (χ1n) is 5.04. The van der Waals surface area contributed by atoms with Gasteiger partial charge in [-0.15, -0.1) is 0 Å². The molecule has 0 fully saturated rings. The van der Waals surface area contributed by atoms with Gasteiger partial charge in [-0.25, -0.2) is 0 Å². The Labute approximate surface area is 98.5 Å². The van der Waals surface area contributed by atoms with Gasteiger partial charge in [-0.05, 0) is 29.6 Å². The fraction of sp³-hybridized carbons (Fsp3) is 0.364. The van der Waals surface area contributed by atoms with Crippen LogP contribution in [0, 0.1) is 5.92 Å².